The molecule has 6 nitrogen and oxygen atoms in total. The van der Waals surface area contributed by atoms with E-state index in [2.05, 4.69) is 10.2 Å². The van der Waals surface area contributed by atoms with Crippen molar-refractivity contribution in [3.63, 3.8) is 0 Å². The van der Waals surface area contributed by atoms with Gasteiger partial charge in [-0.1, -0.05) is 24.3 Å². The molecule has 2 aromatic rings. The Morgan fingerprint density at radius 1 is 1.16 bits per heavy atom. The van der Waals surface area contributed by atoms with Crippen LogP contribution in [0.3, 0.4) is 0 Å². The smallest absolute Gasteiger partial charge is 0.315 e. The minimum absolute atomic E-state index is 0.271. The zero-order chi connectivity index (χ0) is 18.4. The Morgan fingerprint density at radius 2 is 1.84 bits per heavy atom. The molecule has 2 rings (SSSR count). The standard InChI is InChI=1S/C16H17F3N4O2/c17-7-13(21-16(25)15(18)19)14(24)10-3-1-9(2-4-10)12-6-5-11(8-20)22-23-12/h1-6,13-15,24H,7-8,20H2,(H,21,25)/t13-,14-/m1/s1. The van der Waals surface area contributed by atoms with Crippen LogP contribution in [0.2, 0.25) is 0 Å². The first-order valence-electron chi connectivity index (χ1n) is 7.41. The number of alkyl halides is 3. The second-order valence-electron chi connectivity index (χ2n) is 5.25. The maximum Gasteiger partial charge on any atom is 0.315 e. The number of nitrogens with two attached hydrogens (primary N) is 1. The highest BCUT2D eigenvalue weighted by molar-refractivity contribution is 5.79. The van der Waals surface area contributed by atoms with Gasteiger partial charge in [0.2, 0.25) is 0 Å². The molecule has 1 aromatic heterocycles. The van der Waals surface area contributed by atoms with Crippen LogP contribution in [0.4, 0.5) is 13.2 Å². The summed E-state index contributed by atoms with van der Waals surface area (Å²) in [7, 11) is 0. The van der Waals surface area contributed by atoms with E-state index < -0.39 is 31.2 Å². The molecule has 0 spiro atoms. The molecule has 9 heteroatoms. The molecule has 0 unspecified atom stereocenters. The Kier molecular flexibility index (Phi) is 6.43. The van der Waals surface area contributed by atoms with Crippen LogP contribution in [-0.4, -0.2) is 40.4 Å². The van der Waals surface area contributed by atoms with Crippen molar-refractivity contribution in [3.05, 3.63) is 47.7 Å². The van der Waals surface area contributed by atoms with Crippen molar-refractivity contribution >= 4 is 5.91 Å². The van der Waals surface area contributed by atoms with Gasteiger partial charge in [0.15, 0.2) is 0 Å². The third-order valence-corrected chi connectivity index (χ3v) is 3.55. The molecule has 134 valence electrons. The summed E-state index contributed by atoms with van der Waals surface area (Å²) in [6.45, 7) is -0.916. The molecule has 0 saturated carbocycles. The minimum Gasteiger partial charge on any atom is -0.386 e. The molecule has 0 fully saturated rings. The SMILES string of the molecule is NCc1ccc(-c2ccc([C@@H](O)[C@@H](CF)NC(=O)C(F)F)cc2)nn1. The van der Waals surface area contributed by atoms with Gasteiger partial charge in [0, 0.05) is 12.1 Å². The molecule has 0 aliphatic heterocycles. The molecule has 1 heterocycles. The summed E-state index contributed by atoms with van der Waals surface area (Å²) in [6, 6.07) is 8.23. The van der Waals surface area contributed by atoms with E-state index in [-0.39, 0.29) is 12.1 Å². The van der Waals surface area contributed by atoms with Crippen LogP contribution in [0, 0.1) is 0 Å². The fourth-order valence-corrected chi connectivity index (χ4v) is 2.15. The van der Waals surface area contributed by atoms with E-state index in [0.29, 0.717) is 17.0 Å². The first-order valence-corrected chi connectivity index (χ1v) is 7.41. The van der Waals surface area contributed by atoms with E-state index in [4.69, 9.17) is 5.73 Å². The lowest BCUT2D eigenvalue weighted by atomic mass is 10.0. The monoisotopic (exact) mass is 354 g/mol. The van der Waals surface area contributed by atoms with Crippen molar-refractivity contribution in [2.75, 3.05) is 6.67 Å². The Morgan fingerprint density at radius 3 is 2.32 bits per heavy atom. The predicted octanol–water partition coefficient (Wildman–Crippen LogP) is 1.36. The Balaban J connectivity index is 2.12. The summed E-state index contributed by atoms with van der Waals surface area (Å²) < 4.78 is 37.5. The van der Waals surface area contributed by atoms with E-state index in [1.807, 2.05) is 0 Å². The molecular weight excluding hydrogens is 337 g/mol. The molecule has 25 heavy (non-hydrogen) atoms. The van der Waals surface area contributed by atoms with Gasteiger partial charge in [-0.15, -0.1) is 0 Å². The molecule has 0 aliphatic rings. The van der Waals surface area contributed by atoms with Gasteiger partial charge in [0.1, 0.15) is 12.8 Å². The van der Waals surface area contributed by atoms with Crippen LogP contribution >= 0.6 is 0 Å². The highest BCUT2D eigenvalue weighted by atomic mass is 19.3. The van der Waals surface area contributed by atoms with Crippen molar-refractivity contribution in [3.8, 4) is 11.3 Å². The minimum atomic E-state index is -3.28. The summed E-state index contributed by atoms with van der Waals surface area (Å²) in [5, 5.41) is 19.8. The van der Waals surface area contributed by atoms with Crippen molar-refractivity contribution < 1.29 is 23.1 Å². The number of amides is 1. The number of carbonyl (C=O) groups is 1. The Hall–Kier alpha value is -2.52. The van der Waals surface area contributed by atoms with Crippen LogP contribution in [0.5, 0.6) is 0 Å². The molecule has 0 radical (unpaired) electrons. The normalized spacial score (nSPS) is 13.5. The third-order valence-electron chi connectivity index (χ3n) is 3.55. The third kappa shape index (κ3) is 4.74. The number of aliphatic hydroxyl groups is 1. The number of carbonyl (C=O) groups excluding carboxylic acids is 1. The first-order chi connectivity index (χ1) is 12.0. The van der Waals surface area contributed by atoms with E-state index in [9.17, 15) is 23.1 Å². The molecule has 4 N–H and O–H groups in total. The number of benzene rings is 1. The highest BCUT2D eigenvalue weighted by Crippen LogP contribution is 2.22. The number of aromatic nitrogens is 2. The number of hydrogen-bond acceptors (Lipinski definition) is 5. The van der Waals surface area contributed by atoms with Gasteiger partial charge >= 0.3 is 6.43 Å². The lowest BCUT2D eigenvalue weighted by molar-refractivity contribution is -0.133. The summed E-state index contributed by atoms with van der Waals surface area (Å²) in [5.41, 5.74) is 7.62. The van der Waals surface area contributed by atoms with Gasteiger partial charge in [-0.05, 0) is 17.7 Å². The van der Waals surface area contributed by atoms with E-state index >= 15 is 0 Å². The fraction of sp³-hybridized carbons (Fsp3) is 0.312. The Labute approximate surface area is 141 Å². The van der Waals surface area contributed by atoms with Gasteiger partial charge in [0.05, 0.1) is 17.4 Å². The van der Waals surface area contributed by atoms with Gasteiger partial charge in [0.25, 0.3) is 5.91 Å². The molecule has 0 bridgehead atoms. The van der Waals surface area contributed by atoms with Crippen LogP contribution in [0.25, 0.3) is 11.3 Å². The average molecular weight is 354 g/mol. The quantitative estimate of drug-likeness (QED) is 0.697. The number of aliphatic hydroxyl groups excluding tert-OH is 1. The molecular formula is C16H17F3N4O2. The van der Waals surface area contributed by atoms with E-state index in [1.165, 1.54) is 12.1 Å². The van der Waals surface area contributed by atoms with Crippen molar-refractivity contribution in [1.82, 2.24) is 15.5 Å². The number of nitrogens with one attached hydrogen (secondary N) is 1. The molecule has 1 amide bonds. The van der Waals surface area contributed by atoms with Gasteiger partial charge in [-0.25, -0.2) is 4.39 Å². The molecule has 2 atom stereocenters. The van der Waals surface area contributed by atoms with Crippen molar-refractivity contribution in [2.45, 2.75) is 25.1 Å². The number of rotatable bonds is 7. The lowest BCUT2D eigenvalue weighted by Crippen LogP contribution is -2.43. The van der Waals surface area contributed by atoms with Crippen molar-refractivity contribution in [1.29, 1.82) is 0 Å². The molecule has 0 aliphatic carbocycles. The maximum absolute atomic E-state index is 13.0. The van der Waals surface area contributed by atoms with Crippen LogP contribution in [-0.2, 0) is 11.3 Å². The van der Waals surface area contributed by atoms with E-state index in [0.717, 1.165) is 0 Å². The summed E-state index contributed by atoms with van der Waals surface area (Å²) >= 11 is 0. The summed E-state index contributed by atoms with van der Waals surface area (Å²) in [6.07, 6.45) is -4.74. The number of nitrogens with zero attached hydrogens (tertiary/aromatic N) is 2. The zero-order valence-electron chi connectivity index (χ0n) is 13.1. The van der Waals surface area contributed by atoms with E-state index in [1.54, 1.807) is 29.6 Å². The predicted molar refractivity (Wildman–Crippen MR) is 84.2 cm³/mol. The van der Waals surface area contributed by atoms with Gasteiger partial charge < -0.3 is 16.2 Å². The zero-order valence-corrected chi connectivity index (χ0v) is 13.1. The Bertz CT molecular complexity index is 696. The fourth-order valence-electron chi connectivity index (χ4n) is 2.15. The largest absolute Gasteiger partial charge is 0.386 e. The van der Waals surface area contributed by atoms with Gasteiger partial charge in [-0.2, -0.15) is 19.0 Å². The lowest BCUT2D eigenvalue weighted by Gasteiger charge is -2.21. The molecule has 1 aromatic carbocycles. The van der Waals surface area contributed by atoms with Gasteiger partial charge in [-0.3, -0.25) is 4.79 Å². The maximum atomic E-state index is 13.0. The number of halogens is 3. The van der Waals surface area contributed by atoms with Crippen LogP contribution in [0.15, 0.2) is 36.4 Å². The molecule has 0 saturated heterocycles. The highest BCUT2D eigenvalue weighted by Gasteiger charge is 2.26. The van der Waals surface area contributed by atoms with Crippen LogP contribution in [0.1, 0.15) is 17.4 Å². The summed E-state index contributed by atoms with van der Waals surface area (Å²) in [4.78, 5) is 11.0. The first kappa shape index (κ1) is 18.8. The average Bonchev–Trinajstić information content (AvgIpc) is 2.65. The summed E-state index contributed by atoms with van der Waals surface area (Å²) in [5.74, 6) is -1.63. The topological polar surface area (TPSA) is 101 Å². The number of hydrogen-bond donors (Lipinski definition) is 3. The second-order valence-corrected chi connectivity index (χ2v) is 5.25. The van der Waals surface area contributed by atoms with Crippen molar-refractivity contribution in [2.24, 2.45) is 5.73 Å². The van der Waals surface area contributed by atoms with Crippen LogP contribution < -0.4 is 11.1 Å². The second kappa shape index (κ2) is 8.54.